The Bertz CT molecular complexity index is 302. The van der Waals surface area contributed by atoms with Crippen LogP contribution in [-0.4, -0.2) is 19.8 Å². The highest BCUT2D eigenvalue weighted by Crippen LogP contribution is 2.28. The standard InChI is InChI=1S/C10H14ClNO2/c1-7(12)6-14-8-3-4-9(11)10(5-8)13-2/h3-5,7H,6,12H2,1-2H3. The molecule has 0 spiro atoms. The minimum absolute atomic E-state index is 0.0108. The molecule has 0 amide bonds. The molecule has 78 valence electrons. The van der Waals surface area contributed by atoms with Crippen molar-refractivity contribution >= 4 is 11.6 Å². The summed E-state index contributed by atoms with van der Waals surface area (Å²) in [5.74, 6) is 1.32. The first-order valence-electron chi connectivity index (χ1n) is 4.35. The van der Waals surface area contributed by atoms with Gasteiger partial charge >= 0.3 is 0 Å². The summed E-state index contributed by atoms with van der Waals surface area (Å²) >= 11 is 5.85. The van der Waals surface area contributed by atoms with Gasteiger partial charge in [-0.15, -0.1) is 0 Å². The maximum Gasteiger partial charge on any atom is 0.141 e. The van der Waals surface area contributed by atoms with E-state index < -0.39 is 0 Å². The Hall–Kier alpha value is -0.930. The molecule has 3 nitrogen and oxygen atoms in total. The highest BCUT2D eigenvalue weighted by atomic mass is 35.5. The van der Waals surface area contributed by atoms with E-state index in [1.807, 2.05) is 6.92 Å². The molecule has 1 aromatic carbocycles. The molecule has 0 saturated heterocycles. The van der Waals surface area contributed by atoms with Gasteiger partial charge in [-0.2, -0.15) is 0 Å². The lowest BCUT2D eigenvalue weighted by atomic mass is 10.3. The molecule has 0 aromatic heterocycles. The van der Waals surface area contributed by atoms with Crippen molar-refractivity contribution < 1.29 is 9.47 Å². The predicted octanol–water partition coefficient (Wildman–Crippen LogP) is 2.07. The number of halogens is 1. The molecule has 0 aliphatic rings. The second kappa shape index (κ2) is 5.08. The second-order valence-electron chi connectivity index (χ2n) is 3.08. The summed E-state index contributed by atoms with van der Waals surface area (Å²) in [6, 6.07) is 5.27. The number of hydrogen-bond acceptors (Lipinski definition) is 3. The summed E-state index contributed by atoms with van der Waals surface area (Å²) in [6.45, 7) is 2.36. The quantitative estimate of drug-likeness (QED) is 0.837. The summed E-state index contributed by atoms with van der Waals surface area (Å²) in [7, 11) is 1.57. The molecule has 1 rings (SSSR count). The highest BCUT2D eigenvalue weighted by Gasteiger charge is 2.03. The third-order valence-corrected chi connectivity index (χ3v) is 1.95. The zero-order valence-electron chi connectivity index (χ0n) is 8.29. The third kappa shape index (κ3) is 3.09. The van der Waals surface area contributed by atoms with Crippen LogP contribution in [-0.2, 0) is 0 Å². The second-order valence-corrected chi connectivity index (χ2v) is 3.49. The molecule has 0 aliphatic carbocycles. The maximum atomic E-state index is 5.85. The van der Waals surface area contributed by atoms with Crippen LogP contribution in [0.2, 0.25) is 5.02 Å². The van der Waals surface area contributed by atoms with Gasteiger partial charge in [0.25, 0.3) is 0 Å². The first kappa shape index (κ1) is 11.1. The van der Waals surface area contributed by atoms with E-state index in [9.17, 15) is 0 Å². The molecule has 0 saturated carbocycles. The van der Waals surface area contributed by atoms with E-state index in [4.69, 9.17) is 26.8 Å². The van der Waals surface area contributed by atoms with Crippen LogP contribution >= 0.6 is 11.6 Å². The lowest BCUT2D eigenvalue weighted by Gasteiger charge is -2.10. The van der Waals surface area contributed by atoms with Gasteiger partial charge in [0.15, 0.2) is 0 Å². The van der Waals surface area contributed by atoms with Crippen LogP contribution in [0.1, 0.15) is 6.92 Å². The number of methoxy groups -OCH3 is 1. The summed E-state index contributed by atoms with van der Waals surface area (Å²) in [6.07, 6.45) is 0. The van der Waals surface area contributed by atoms with Crippen LogP contribution in [0.3, 0.4) is 0 Å². The minimum Gasteiger partial charge on any atom is -0.495 e. The molecule has 0 aliphatic heterocycles. The van der Waals surface area contributed by atoms with Gasteiger partial charge in [-0.1, -0.05) is 11.6 Å². The first-order chi connectivity index (χ1) is 6.63. The Labute approximate surface area is 88.8 Å². The van der Waals surface area contributed by atoms with Gasteiger partial charge in [-0.25, -0.2) is 0 Å². The van der Waals surface area contributed by atoms with Crippen LogP contribution in [0.4, 0.5) is 0 Å². The Balaban J connectivity index is 2.69. The maximum absolute atomic E-state index is 5.85. The van der Waals surface area contributed by atoms with E-state index in [-0.39, 0.29) is 6.04 Å². The molecule has 4 heteroatoms. The molecule has 1 atom stereocenters. The lowest BCUT2D eigenvalue weighted by molar-refractivity contribution is 0.294. The first-order valence-corrected chi connectivity index (χ1v) is 4.73. The number of benzene rings is 1. The molecule has 0 heterocycles. The van der Waals surface area contributed by atoms with E-state index in [0.29, 0.717) is 23.1 Å². The Morgan fingerprint density at radius 2 is 2.21 bits per heavy atom. The van der Waals surface area contributed by atoms with Crippen LogP contribution < -0.4 is 15.2 Å². The highest BCUT2D eigenvalue weighted by molar-refractivity contribution is 6.32. The molecule has 0 fully saturated rings. The molecular weight excluding hydrogens is 202 g/mol. The predicted molar refractivity (Wildman–Crippen MR) is 57.1 cm³/mol. The van der Waals surface area contributed by atoms with Crippen molar-refractivity contribution in [1.82, 2.24) is 0 Å². The van der Waals surface area contributed by atoms with Crippen molar-refractivity contribution in [2.75, 3.05) is 13.7 Å². The number of rotatable bonds is 4. The number of hydrogen-bond donors (Lipinski definition) is 1. The van der Waals surface area contributed by atoms with E-state index in [2.05, 4.69) is 0 Å². The van der Waals surface area contributed by atoms with Crippen molar-refractivity contribution in [1.29, 1.82) is 0 Å². The van der Waals surface area contributed by atoms with Crippen molar-refractivity contribution in [2.24, 2.45) is 5.73 Å². The fourth-order valence-electron chi connectivity index (χ4n) is 0.958. The smallest absolute Gasteiger partial charge is 0.141 e. The van der Waals surface area contributed by atoms with E-state index in [1.54, 1.807) is 25.3 Å². The monoisotopic (exact) mass is 215 g/mol. The van der Waals surface area contributed by atoms with Gasteiger partial charge < -0.3 is 15.2 Å². The molecular formula is C10H14ClNO2. The summed E-state index contributed by atoms with van der Waals surface area (Å²) in [5.41, 5.74) is 5.56. The fraction of sp³-hybridized carbons (Fsp3) is 0.400. The largest absolute Gasteiger partial charge is 0.495 e. The topological polar surface area (TPSA) is 44.5 Å². The Morgan fingerprint density at radius 3 is 2.79 bits per heavy atom. The van der Waals surface area contributed by atoms with Crippen molar-refractivity contribution in [3.8, 4) is 11.5 Å². The number of ether oxygens (including phenoxy) is 2. The van der Waals surface area contributed by atoms with Crippen LogP contribution in [0.25, 0.3) is 0 Å². The molecule has 1 unspecified atom stereocenters. The zero-order chi connectivity index (χ0) is 10.6. The number of nitrogens with two attached hydrogens (primary N) is 1. The average Bonchev–Trinajstić information content (AvgIpc) is 2.16. The van der Waals surface area contributed by atoms with E-state index in [1.165, 1.54) is 0 Å². The van der Waals surface area contributed by atoms with Crippen molar-refractivity contribution in [3.63, 3.8) is 0 Å². The van der Waals surface area contributed by atoms with Crippen LogP contribution in [0.15, 0.2) is 18.2 Å². The molecule has 14 heavy (non-hydrogen) atoms. The summed E-state index contributed by atoms with van der Waals surface area (Å²) < 4.78 is 10.5. The van der Waals surface area contributed by atoms with Crippen LogP contribution in [0.5, 0.6) is 11.5 Å². The van der Waals surface area contributed by atoms with Crippen LogP contribution in [0, 0.1) is 0 Å². The van der Waals surface area contributed by atoms with Gasteiger partial charge in [-0.3, -0.25) is 0 Å². The lowest BCUT2D eigenvalue weighted by Crippen LogP contribution is -2.23. The average molecular weight is 216 g/mol. The molecule has 0 bridgehead atoms. The molecule has 1 aromatic rings. The SMILES string of the molecule is COc1cc(OCC(C)N)ccc1Cl. The van der Waals surface area contributed by atoms with Gasteiger partial charge in [0, 0.05) is 12.1 Å². The molecule has 0 radical (unpaired) electrons. The Morgan fingerprint density at radius 1 is 1.50 bits per heavy atom. The summed E-state index contributed by atoms with van der Waals surface area (Å²) in [4.78, 5) is 0. The van der Waals surface area contributed by atoms with Crippen molar-refractivity contribution in [3.05, 3.63) is 23.2 Å². The minimum atomic E-state index is 0.0108. The van der Waals surface area contributed by atoms with E-state index in [0.717, 1.165) is 0 Å². The summed E-state index contributed by atoms with van der Waals surface area (Å²) in [5, 5.41) is 0.570. The zero-order valence-corrected chi connectivity index (χ0v) is 9.04. The third-order valence-electron chi connectivity index (χ3n) is 1.64. The van der Waals surface area contributed by atoms with Gasteiger partial charge in [0.1, 0.15) is 18.1 Å². The molecule has 2 N–H and O–H groups in total. The van der Waals surface area contributed by atoms with Gasteiger partial charge in [0.05, 0.1) is 12.1 Å². The Kier molecular flexibility index (Phi) is 4.04. The van der Waals surface area contributed by atoms with Gasteiger partial charge in [-0.05, 0) is 19.1 Å². The van der Waals surface area contributed by atoms with Crippen molar-refractivity contribution in [2.45, 2.75) is 13.0 Å². The van der Waals surface area contributed by atoms with Gasteiger partial charge in [0.2, 0.25) is 0 Å². The fourth-order valence-corrected chi connectivity index (χ4v) is 1.15. The normalized spacial score (nSPS) is 12.3. The van der Waals surface area contributed by atoms with E-state index >= 15 is 0 Å².